The number of benzene rings is 2. The fourth-order valence-electron chi connectivity index (χ4n) is 3.07. The number of nitrogens with zero attached hydrogens (tertiary/aromatic N) is 2. The van der Waals surface area contributed by atoms with Crippen molar-refractivity contribution in [3.05, 3.63) is 59.7 Å². The lowest BCUT2D eigenvalue weighted by Crippen LogP contribution is -2.23. The third-order valence-electron chi connectivity index (χ3n) is 4.60. The van der Waals surface area contributed by atoms with Crippen molar-refractivity contribution < 1.29 is 9.53 Å². The Kier molecular flexibility index (Phi) is 6.25. The van der Waals surface area contributed by atoms with E-state index in [1.54, 1.807) is 37.6 Å². The topological polar surface area (TPSA) is 53.9 Å². The molecule has 0 aliphatic carbocycles. The third kappa shape index (κ3) is 4.85. The number of hydrazone groups is 1. The summed E-state index contributed by atoms with van der Waals surface area (Å²) in [7, 11) is 1.59. The van der Waals surface area contributed by atoms with Gasteiger partial charge in [0.25, 0.3) is 5.91 Å². The molecule has 0 aromatic heterocycles. The van der Waals surface area contributed by atoms with E-state index in [4.69, 9.17) is 4.74 Å². The standard InChI is InChI=1S/C21H25N3O2/c1-26-20-12-8-18(9-13-20)21(25)23-22-16-17-6-10-19(11-7-17)24-14-4-2-3-5-15-24/h6-13,16H,2-5,14-15H2,1H3,(H,23,25)/b22-16-. The molecule has 1 amide bonds. The monoisotopic (exact) mass is 351 g/mol. The number of hydrogen-bond donors (Lipinski definition) is 1. The van der Waals surface area contributed by atoms with Crippen molar-refractivity contribution in [2.24, 2.45) is 5.10 Å². The molecule has 0 radical (unpaired) electrons. The van der Waals surface area contributed by atoms with Crippen LogP contribution in [0.1, 0.15) is 41.6 Å². The van der Waals surface area contributed by atoms with Crippen LogP contribution in [0.4, 0.5) is 5.69 Å². The molecule has 5 heteroatoms. The Labute approximate surface area is 154 Å². The van der Waals surface area contributed by atoms with Crippen molar-refractivity contribution >= 4 is 17.8 Å². The van der Waals surface area contributed by atoms with E-state index in [0.717, 1.165) is 24.4 Å². The molecule has 0 saturated carbocycles. The van der Waals surface area contributed by atoms with E-state index in [1.165, 1.54) is 31.4 Å². The molecular weight excluding hydrogens is 326 g/mol. The van der Waals surface area contributed by atoms with E-state index in [2.05, 4.69) is 27.6 Å². The summed E-state index contributed by atoms with van der Waals surface area (Å²) in [6.45, 7) is 2.26. The average molecular weight is 351 g/mol. The molecule has 0 bridgehead atoms. The van der Waals surface area contributed by atoms with E-state index >= 15 is 0 Å². The quantitative estimate of drug-likeness (QED) is 0.658. The molecule has 1 N–H and O–H groups in total. The Morgan fingerprint density at radius 3 is 2.27 bits per heavy atom. The number of rotatable bonds is 5. The first-order valence-corrected chi connectivity index (χ1v) is 9.09. The summed E-state index contributed by atoms with van der Waals surface area (Å²) in [6, 6.07) is 15.2. The predicted molar refractivity (Wildman–Crippen MR) is 105 cm³/mol. The van der Waals surface area contributed by atoms with Gasteiger partial charge in [-0.05, 0) is 54.8 Å². The van der Waals surface area contributed by atoms with Gasteiger partial charge in [0.05, 0.1) is 13.3 Å². The van der Waals surface area contributed by atoms with Crippen molar-refractivity contribution in [3.8, 4) is 5.75 Å². The van der Waals surface area contributed by atoms with Crippen molar-refractivity contribution in [1.29, 1.82) is 0 Å². The molecule has 1 fully saturated rings. The van der Waals surface area contributed by atoms with E-state index in [1.807, 2.05) is 12.1 Å². The molecule has 0 atom stereocenters. The zero-order valence-electron chi connectivity index (χ0n) is 15.1. The fraction of sp³-hybridized carbons (Fsp3) is 0.333. The SMILES string of the molecule is COc1ccc(C(=O)N/N=C\c2ccc(N3CCCCCC3)cc2)cc1. The highest BCUT2D eigenvalue weighted by Crippen LogP contribution is 2.19. The molecule has 1 saturated heterocycles. The van der Waals surface area contributed by atoms with Gasteiger partial charge in [-0.3, -0.25) is 4.79 Å². The normalized spacial score (nSPS) is 14.9. The van der Waals surface area contributed by atoms with Gasteiger partial charge in [0.15, 0.2) is 0 Å². The first-order chi connectivity index (χ1) is 12.8. The van der Waals surface area contributed by atoms with Crippen LogP contribution in [-0.4, -0.2) is 32.3 Å². The van der Waals surface area contributed by atoms with Gasteiger partial charge in [-0.15, -0.1) is 0 Å². The molecule has 0 unspecified atom stereocenters. The molecule has 1 aliphatic heterocycles. The summed E-state index contributed by atoms with van der Waals surface area (Å²) in [5, 5.41) is 4.05. The summed E-state index contributed by atoms with van der Waals surface area (Å²) in [4.78, 5) is 14.5. The van der Waals surface area contributed by atoms with Crippen molar-refractivity contribution in [2.45, 2.75) is 25.7 Å². The van der Waals surface area contributed by atoms with E-state index in [-0.39, 0.29) is 5.91 Å². The summed E-state index contributed by atoms with van der Waals surface area (Å²) >= 11 is 0. The minimum absolute atomic E-state index is 0.245. The number of nitrogens with one attached hydrogen (secondary N) is 1. The fourth-order valence-corrected chi connectivity index (χ4v) is 3.07. The van der Waals surface area contributed by atoms with Gasteiger partial charge in [0, 0.05) is 24.3 Å². The van der Waals surface area contributed by atoms with Crippen LogP contribution in [-0.2, 0) is 0 Å². The van der Waals surface area contributed by atoms with E-state index in [0.29, 0.717) is 5.56 Å². The van der Waals surface area contributed by atoms with Gasteiger partial charge >= 0.3 is 0 Å². The highest BCUT2D eigenvalue weighted by atomic mass is 16.5. The van der Waals surface area contributed by atoms with Crippen LogP contribution in [0, 0.1) is 0 Å². The lowest BCUT2D eigenvalue weighted by atomic mass is 10.2. The van der Waals surface area contributed by atoms with Gasteiger partial charge in [0.2, 0.25) is 0 Å². The van der Waals surface area contributed by atoms with Crippen molar-refractivity contribution in [1.82, 2.24) is 5.43 Å². The molecule has 1 heterocycles. The molecule has 3 rings (SSSR count). The maximum absolute atomic E-state index is 12.1. The molecule has 0 spiro atoms. The molecule has 2 aromatic carbocycles. The Morgan fingerprint density at radius 1 is 1.00 bits per heavy atom. The Hall–Kier alpha value is -2.82. The number of carbonyl (C=O) groups excluding carboxylic acids is 1. The number of amides is 1. The minimum atomic E-state index is -0.245. The Morgan fingerprint density at radius 2 is 1.65 bits per heavy atom. The summed E-state index contributed by atoms with van der Waals surface area (Å²) < 4.78 is 5.08. The molecule has 1 aliphatic rings. The maximum atomic E-state index is 12.1. The molecule has 2 aromatic rings. The van der Waals surface area contributed by atoms with E-state index in [9.17, 15) is 4.79 Å². The zero-order chi connectivity index (χ0) is 18.2. The number of ether oxygens (including phenoxy) is 1. The second-order valence-electron chi connectivity index (χ2n) is 6.42. The zero-order valence-corrected chi connectivity index (χ0v) is 15.1. The number of anilines is 1. The molecular formula is C21H25N3O2. The van der Waals surface area contributed by atoms with Crippen LogP contribution >= 0.6 is 0 Å². The Balaban J connectivity index is 1.55. The van der Waals surface area contributed by atoms with Crippen LogP contribution in [0.3, 0.4) is 0 Å². The lowest BCUT2D eigenvalue weighted by molar-refractivity contribution is 0.0955. The van der Waals surface area contributed by atoms with Gasteiger partial charge in [-0.1, -0.05) is 25.0 Å². The highest BCUT2D eigenvalue weighted by Gasteiger charge is 2.09. The second-order valence-corrected chi connectivity index (χ2v) is 6.42. The summed E-state index contributed by atoms with van der Waals surface area (Å²) in [5.74, 6) is 0.472. The second kappa shape index (κ2) is 9.04. The van der Waals surface area contributed by atoms with Gasteiger partial charge < -0.3 is 9.64 Å². The smallest absolute Gasteiger partial charge is 0.271 e. The van der Waals surface area contributed by atoms with Crippen molar-refractivity contribution in [3.63, 3.8) is 0 Å². The van der Waals surface area contributed by atoms with Gasteiger partial charge in [0.1, 0.15) is 5.75 Å². The highest BCUT2D eigenvalue weighted by molar-refractivity contribution is 5.95. The van der Waals surface area contributed by atoms with Crippen LogP contribution in [0.15, 0.2) is 53.6 Å². The summed E-state index contributed by atoms with van der Waals surface area (Å²) in [6.07, 6.45) is 6.85. The first-order valence-electron chi connectivity index (χ1n) is 9.09. The number of hydrogen-bond acceptors (Lipinski definition) is 4. The number of carbonyl (C=O) groups is 1. The van der Waals surface area contributed by atoms with Crippen molar-refractivity contribution in [2.75, 3.05) is 25.1 Å². The van der Waals surface area contributed by atoms with Crippen LogP contribution in [0.2, 0.25) is 0 Å². The van der Waals surface area contributed by atoms with Gasteiger partial charge in [-0.2, -0.15) is 5.10 Å². The van der Waals surface area contributed by atoms with Crippen LogP contribution in [0.25, 0.3) is 0 Å². The minimum Gasteiger partial charge on any atom is -0.497 e. The molecule has 26 heavy (non-hydrogen) atoms. The average Bonchev–Trinajstić information content (AvgIpc) is 2.98. The third-order valence-corrected chi connectivity index (χ3v) is 4.60. The van der Waals surface area contributed by atoms with E-state index < -0.39 is 0 Å². The van der Waals surface area contributed by atoms with Crippen LogP contribution < -0.4 is 15.1 Å². The maximum Gasteiger partial charge on any atom is 0.271 e. The van der Waals surface area contributed by atoms with Gasteiger partial charge in [-0.25, -0.2) is 5.43 Å². The Bertz CT molecular complexity index is 731. The molecule has 136 valence electrons. The predicted octanol–water partition coefficient (Wildman–Crippen LogP) is 3.84. The number of methoxy groups -OCH3 is 1. The lowest BCUT2D eigenvalue weighted by Gasteiger charge is -2.22. The molecule has 5 nitrogen and oxygen atoms in total. The summed E-state index contributed by atoms with van der Waals surface area (Å²) in [5.41, 5.74) is 5.30. The first kappa shape index (κ1) is 18.0. The van der Waals surface area contributed by atoms with Crippen LogP contribution in [0.5, 0.6) is 5.75 Å². The largest absolute Gasteiger partial charge is 0.497 e.